The summed E-state index contributed by atoms with van der Waals surface area (Å²) >= 11 is 0. The van der Waals surface area contributed by atoms with Crippen molar-refractivity contribution >= 4 is 0 Å². The number of halogens is 3. The van der Waals surface area contributed by atoms with Gasteiger partial charge >= 0.3 is 6.36 Å². The zero-order chi connectivity index (χ0) is 14.3. The highest BCUT2D eigenvalue weighted by Gasteiger charge is 2.28. The summed E-state index contributed by atoms with van der Waals surface area (Å²) in [4.78, 5) is 0. The van der Waals surface area contributed by atoms with E-state index in [0.717, 1.165) is 24.9 Å². The van der Waals surface area contributed by atoms with Crippen molar-refractivity contribution in [2.24, 2.45) is 0 Å². The lowest BCUT2D eigenvalue weighted by molar-refractivity contribution is -0.325. The molecule has 1 N–H and O–H groups in total. The lowest BCUT2D eigenvalue weighted by Crippen LogP contribution is -2.21. The van der Waals surface area contributed by atoms with Crippen molar-refractivity contribution in [2.45, 2.75) is 45.6 Å². The SMILES string of the molecule is CCCNC(CC)c1ccn(CCOC(F)(F)F)c1. The average Bonchev–Trinajstić information content (AvgIpc) is 2.77. The maximum Gasteiger partial charge on any atom is 0.522 e. The van der Waals surface area contributed by atoms with E-state index in [1.165, 1.54) is 0 Å². The molecule has 1 aromatic rings. The van der Waals surface area contributed by atoms with Crippen LogP contribution in [-0.4, -0.2) is 24.1 Å². The number of alkyl halides is 3. The number of nitrogens with zero attached hydrogens (tertiary/aromatic N) is 1. The molecule has 0 saturated carbocycles. The molecule has 0 aliphatic carbocycles. The van der Waals surface area contributed by atoms with Crippen molar-refractivity contribution in [1.82, 2.24) is 9.88 Å². The van der Waals surface area contributed by atoms with Crippen LogP contribution in [0.1, 0.15) is 38.3 Å². The molecule has 0 fully saturated rings. The number of nitrogens with one attached hydrogen (secondary N) is 1. The van der Waals surface area contributed by atoms with Crippen molar-refractivity contribution in [3.63, 3.8) is 0 Å². The summed E-state index contributed by atoms with van der Waals surface area (Å²) in [5.74, 6) is 0. The van der Waals surface area contributed by atoms with Crippen LogP contribution in [0.15, 0.2) is 18.5 Å². The van der Waals surface area contributed by atoms with Gasteiger partial charge in [-0.3, -0.25) is 4.74 Å². The van der Waals surface area contributed by atoms with E-state index in [1.807, 2.05) is 12.3 Å². The van der Waals surface area contributed by atoms with Crippen LogP contribution < -0.4 is 5.32 Å². The highest BCUT2D eigenvalue weighted by molar-refractivity contribution is 5.15. The first-order valence-corrected chi connectivity index (χ1v) is 6.56. The van der Waals surface area contributed by atoms with Gasteiger partial charge in [-0.15, -0.1) is 13.2 Å². The van der Waals surface area contributed by atoms with Crippen LogP contribution in [0.5, 0.6) is 0 Å². The first-order valence-electron chi connectivity index (χ1n) is 6.56. The number of hydrogen-bond acceptors (Lipinski definition) is 2. The fourth-order valence-electron chi connectivity index (χ4n) is 1.89. The third kappa shape index (κ3) is 6.11. The molecule has 0 spiro atoms. The maximum atomic E-state index is 11.8. The van der Waals surface area contributed by atoms with Gasteiger partial charge in [-0.05, 0) is 31.0 Å². The van der Waals surface area contributed by atoms with E-state index in [9.17, 15) is 13.2 Å². The summed E-state index contributed by atoms with van der Waals surface area (Å²) < 4.78 is 41.0. The van der Waals surface area contributed by atoms with Gasteiger partial charge in [0.25, 0.3) is 0 Å². The molecular formula is C13H21F3N2O. The van der Waals surface area contributed by atoms with E-state index in [4.69, 9.17) is 0 Å². The predicted octanol–water partition coefficient (Wildman–Crippen LogP) is 3.48. The van der Waals surface area contributed by atoms with Crippen LogP contribution in [0.4, 0.5) is 13.2 Å². The Hall–Kier alpha value is -1.01. The topological polar surface area (TPSA) is 26.2 Å². The Morgan fingerprint density at radius 2 is 2.11 bits per heavy atom. The Morgan fingerprint density at radius 3 is 2.68 bits per heavy atom. The molecule has 1 unspecified atom stereocenters. The molecule has 0 aliphatic heterocycles. The van der Waals surface area contributed by atoms with Crippen LogP contribution in [0, 0.1) is 0 Å². The minimum atomic E-state index is -4.55. The minimum Gasteiger partial charge on any atom is -0.352 e. The first kappa shape index (κ1) is 16.0. The van der Waals surface area contributed by atoms with Gasteiger partial charge in [-0.1, -0.05) is 13.8 Å². The van der Waals surface area contributed by atoms with Gasteiger partial charge in [0, 0.05) is 25.0 Å². The Morgan fingerprint density at radius 1 is 1.37 bits per heavy atom. The van der Waals surface area contributed by atoms with Gasteiger partial charge in [0.1, 0.15) is 0 Å². The number of hydrogen-bond donors (Lipinski definition) is 1. The third-order valence-electron chi connectivity index (χ3n) is 2.84. The van der Waals surface area contributed by atoms with Crippen LogP contribution in [-0.2, 0) is 11.3 Å². The Kier molecular flexibility index (Phi) is 6.37. The second-order valence-electron chi connectivity index (χ2n) is 4.39. The zero-order valence-corrected chi connectivity index (χ0v) is 11.3. The van der Waals surface area contributed by atoms with Crippen molar-refractivity contribution in [1.29, 1.82) is 0 Å². The van der Waals surface area contributed by atoms with E-state index < -0.39 is 6.36 Å². The summed E-state index contributed by atoms with van der Waals surface area (Å²) in [6.45, 7) is 4.94. The quantitative estimate of drug-likeness (QED) is 0.788. The molecule has 1 rings (SSSR count). The van der Waals surface area contributed by atoms with E-state index in [0.29, 0.717) is 0 Å². The molecule has 1 heterocycles. The molecule has 3 nitrogen and oxygen atoms in total. The first-order chi connectivity index (χ1) is 8.96. The van der Waals surface area contributed by atoms with E-state index >= 15 is 0 Å². The van der Waals surface area contributed by atoms with Crippen LogP contribution in [0.3, 0.4) is 0 Å². The Bertz CT molecular complexity index is 363. The minimum absolute atomic E-state index is 0.198. The van der Waals surface area contributed by atoms with Gasteiger partial charge in [0.15, 0.2) is 0 Å². The van der Waals surface area contributed by atoms with Crippen molar-refractivity contribution in [3.8, 4) is 0 Å². The van der Waals surface area contributed by atoms with Crippen LogP contribution in [0.25, 0.3) is 0 Å². The number of ether oxygens (including phenoxy) is 1. The predicted molar refractivity (Wildman–Crippen MR) is 67.8 cm³/mol. The van der Waals surface area contributed by atoms with Gasteiger partial charge in [0.2, 0.25) is 0 Å². The van der Waals surface area contributed by atoms with Crippen LogP contribution >= 0.6 is 0 Å². The second kappa shape index (κ2) is 7.55. The van der Waals surface area contributed by atoms with Crippen molar-refractivity contribution < 1.29 is 17.9 Å². The monoisotopic (exact) mass is 278 g/mol. The van der Waals surface area contributed by atoms with Gasteiger partial charge in [0.05, 0.1) is 6.61 Å². The number of aromatic nitrogens is 1. The fraction of sp³-hybridized carbons (Fsp3) is 0.692. The molecule has 0 saturated heterocycles. The lowest BCUT2D eigenvalue weighted by atomic mass is 10.1. The summed E-state index contributed by atoms with van der Waals surface area (Å²) in [5.41, 5.74) is 1.10. The van der Waals surface area contributed by atoms with Gasteiger partial charge in [-0.2, -0.15) is 0 Å². The molecule has 110 valence electrons. The number of rotatable bonds is 8. The Labute approximate surface area is 111 Å². The average molecular weight is 278 g/mol. The maximum absolute atomic E-state index is 11.8. The molecule has 19 heavy (non-hydrogen) atoms. The third-order valence-corrected chi connectivity index (χ3v) is 2.84. The molecule has 0 bridgehead atoms. The van der Waals surface area contributed by atoms with Gasteiger partial charge in [-0.25, -0.2) is 0 Å². The highest BCUT2D eigenvalue weighted by atomic mass is 19.4. The highest BCUT2D eigenvalue weighted by Crippen LogP contribution is 2.18. The summed E-state index contributed by atoms with van der Waals surface area (Å²) in [5, 5.41) is 3.40. The smallest absolute Gasteiger partial charge is 0.352 e. The zero-order valence-electron chi connectivity index (χ0n) is 11.3. The Balaban J connectivity index is 2.46. The van der Waals surface area contributed by atoms with Crippen molar-refractivity contribution in [2.75, 3.05) is 13.2 Å². The molecule has 1 atom stereocenters. The van der Waals surface area contributed by atoms with E-state index in [1.54, 1.807) is 10.8 Å². The molecule has 0 aliphatic rings. The molecule has 1 aromatic heterocycles. The standard InChI is InChI=1S/C13H21F3N2O/c1-3-6-17-12(4-2)11-5-7-18(10-11)8-9-19-13(14,15)16/h5,7,10,12,17H,3-4,6,8-9H2,1-2H3. The molecular weight excluding hydrogens is 257 g/mol. The molecule has 0 amide bonds. The normalized spacial score (nSPS) is 13.7. The lowest BCUT2D eigenvalue weighted by Gasteiger charge is -2.15. The molecule has 0 radical (unpaired) electrons. The van der Waals surface area contributed by atoms with Crippen LogP contribution in [0.2, 0.25) is 0 Å². The summed E-state index contributed by atoms with van der Waals surface area (Å²) in [6, 6.07) is 2.19. The van der Waals surface area contributed by atoms with Gasteiger partial charge < -0.3 is 9.88 Å². The second-order valence-corrected chi connectivity index (χ2v) is 4.39. The van der Waals surface area contributed by atoms with Crippen molar-refractivity contribution in [3.05, 3.63) is 24.0 Å². The van der Waals surface area contributed by atoms with E-state index in [-0.39, 0.29) is 19.2 Å². The summed E-state index contributed by atoms with van der Waals surface area (Å²) in [6.07, 6.45) is 1.10. The summed E-state index contributed by atoms with van der Waals surface area (Å²) in [7, 11) is 0. The van der Waals surface area contributed by atoms with E-state index in [2.05, 4.69) is 23.9 Å². The largest absolute Gasteiger partial charge is 0.522 e. The molecule has 0 aromatic carbocycles. The fourth-order valence-corrected chi connectivity index (χ4v) is 1.89. The molecule has 6 heteroatoms.